The second-order valence-electron chi connectivity index (χ2n) is 17.9. The monoisotopic (exact) mass is 983 g/mol. The first-order valence-electron chi connectivity index (χ1n) is 20.9. The summed E-state index contributed by atoms with van der Waals surface area (Å²) in [6, 6.07) is 43.2. The third-order valence-electron chi connectivity index (χ3n) is 11.4. The zero-order valence-electron chi connectivity index (χ0n) is 36.7. The van der Waals surface area contributed by atoms with E-state index in [0.29, 0.717) is 23.5 Å². The first-order valence-corrected chi connectivity index (χ1v) is 24.4. The number of imidazole rings is 1. The Morgan fingerprint density at radius 3 is 2.13 bits per heavy atom. The second kappa shape index (κ2) is 17.0. The van der Waals surface area contributed by atoms with Crippen molar-refractivity contribution in [3.63, 3.8) is 0 Å². The molecule has 0 amide bonds. The van der Waals surface area contributed by atoms with Crippen LogP contribution in [0.5, 0.6) is 0 Å². The Balaban J connectivity index is 0.000000255. The van der Waals surface area contributed by atoms with Gasteiger partial charge in [-0.2, -0.15) is 0 Å². The third kappa shape index (κ3) is 8.03. The first-order chi connectivity index (χ1) is 28.2. The molecule has 0 aliphatic rings. The van der Waals surface area contributed by atoms with Crippen molar-refractivity contribution in [3.05, 3.63) is 149 Å². The maximum absolute atomic E-state index is 6.63. The summed E-state index contributed by atoms with van der Waals surface area (Å²) in [6.07, 6.45) is 2.02. The number of para-hydroxylation sites is 2. The molecule has 307 valence electrons. The van der Waals surface area contributed by atoms with Crippen molar-refractivity contribution < 1.29 is 24.5 Å². The summed E-state index contributed by atoms with van der Waals surface area (Å²) in [4.78, 5) is 14.7. The molecule has 5 nitrogen and oxygen atoms in total. The molecule has 4 heterocycles. The van der Waals surface area contributed by atoms with Crippen LogP contribution in [0.1, 0.15) is 87.2 Å². The molecule has 0 aliphatic carbocycles. The topological polar surface area (TPSA) is 56.7 Å². The maximum atomic E-state index is 6.63. The molecule has 1 radical (unpaired) electrons. The van der Waals surface area contributed by atoms with E-state index in [1.165, 1.54) is 38.3 Å². The van der Waals surface area contributed by atoms with E-state index in [0.717, 1.165) is 61.3 Å². The molecule has 0 saturated carbocycles. The Morgan fingerprint density at radius 2 is 1.47 bits per heavy atom. The van der Waals surface area contributed by atoms with Crippen molar-refractivity contribution in [2.75, 3.05) is 0 Å². The molecule has 0 N–H and O–H groups in total. The fourth-order valence-electron chi connectivity index (χ4n) is 8.11. The van der Waals surface area contributed by atoms with Gasteiger partial charge in [0.2, 0.25) is 5.71 Å². The molecule has 0 spiro atoms. The first kappa shape index (κ1) is 42.9. The fourth-order valence-corrected chi connectivity index (χ4v) is 9.14. The van der Waals surface area contributed by atoms with Crippen LogP contribution in [0.25, 0.3) is 72.2 Å². The van der Waals surface area contributed by atoms with Gasteiger partial charge >= 0.3 is 0 Å². The summed E-state index contributed by atoms with van der Waals surface area (Å²) in [7, 11) is -1.24. The van der Waals surface area contributed by atoms with E-state index < -0.39 is 8.07 Å². The van der Waals surface area contributed by atoms with Gasteiger partial charge in [-0.1, -0.05) is 135 Å². The quantitative estimate of drug-likeness (QED) is 0.118. The molecule has 60 heavy (non-hydrogen) atoms. The van der Waals surface area contributed by atoms with Gasteiger partial charge in [0.15, 0.2) is 0 Å². The van der Waals surface area contributed by atoms with Crippen LogP contribution >= 0.6 is 0 Å². The summed E-state index contributed by atoms with van der Waals surface area (Å²) in [5.74, 6) is 1.76. The fraction of sp³-hybridized carbons (Fsp3) is 0.264. The van der Waals surface area contributed by atoms with Crippen LogP contribution in [0, 0.1) is 26.0 Å². The van der Waals surface area contributed by atoms with Crippen molar-refractivity contribution in [2.24, 2.45) is 0 Å². The summed E-state index contributed by atoms with van der Waals surface area (Å²) < 4.78 is 8.99. The Kier molecular flexibility index (Phi) is 12.2. The Bertz CT molecular complexity index is 2970. The molecular weight excluding hydrogens is 929 g/mol. The Hall–Kier alpha value is -5.20. The zero-order chi connectivity index (χ0) is 41.7. The molecule has 7 heteroatoms. The molecule has 0 aliphatic heterocycles. The average Bonchev–Trinajstić information content (AvgIpc) is 3.79. The van der Waals surface area contributed by atoms with Crippen LogP contribution in [0.2, 0.25) is 19.6 Å². The number of pyridine rings is 2. The van der Waals surface area contributed by atoms with Crippen LogP contribution in [-0.2, 0) is 20.1 Å². The van der Waals surface area contributed by atoms with Crippen molar-refractivity contribution in [3.8, 4) is 28.3 Å². The predicted octanol–water partition coefficient (Wildman–Crippen LogP) is 14.0. The van der Waals surface area contributed by atoms with E-state index >= 15 is 0 Å². The molecule has 0 saturated heterocycles. The molecule has 5 aromatic carbocycles. The molecule has 9 aromatic rings. The van der Waals surface area contributed by atoms with Crippen molar-refractivity contribution in [1.82, 2.24) is 19.5 Å². The van der Waals surface area contributed by atoms with E-state index in [4.69, 9.17) is 14.4 Å². The summed E-state index contributed by atoms with van der Waals surface area (Å²) >= 11 is 0. The normalized spacial score (nSPS) is 11.9. The minimum Gasteiger partial charge on any atom is -0.486 e. The number of fused-ring (bicyclic) bond motifs is 5. The van der Waals surface area contributed by atoms with Gasteiger partial charge in [-0.05, 0) is 80.9 Å². The minimum atomic E-state index is -1.24. The van der Waals surface area contributed by atoms with E-state index in [1.807, 2.05) is 12.3 Å². The molecule has 0 fully saturated rings. The number of hydrogen-bond acceptors (Lipinski definition) is 4. The molecule has 0 unspecified atom stereocenters. The van der Waals surface area contributed by atoms with Gasteiger partial charge in [-0.3, -0.25) is 4.98 Å². The number of benzene rings is 5. The van der Waals surface area contributed by atoms with Gasteiger partial charge in [0, 0.05) is 43.1 Å². The van der Waals surface area contributed by atoms with E-state index in [9.17, 15) is 0 Å². The van der Waals surface area contributed by atoms with Crippen molar-refractivity contribution in [2.45, 2.75) is 92.8 Å². The molecule has 9 rings (SSSR count). The van der Waals surface area contributed by atoms with Crippen LogP contribution in [0.3, 0.4) is 0 Å². The van der Waals surface area contributed by atoms with Crippen LogP contribution in [0.4, 0.5) is 0 Å². The molecule has 0 bridgehead atoms. The predicted molar refractivity (Wildman–Crippen MR) is 251 cm³/mol. The maximum Gasteiger partial charge on any atom is 0.216 e. The van der Waals surface area contributed by atoms with Gasteiger partial charge in [0.1, 0.15) is 0 Å². The number of aromatic nitrogens is 4. The van der Waals surface area contributed by atoms with Gasteiger partial charge in [0.05, 0.1) is 30.5 Å². The van der Waals surface area contributed by atoms with E-state index in [2.05, 4.69) is 194 Å². The standard InChI is InChI=1S/C38H36N3O.C15H18NSi.Ir/c1-21(2)29-20-25-12-8-9-13-26(25)33(23(5)6)35(29)41-32-15-11-10-14-31(32)39-37(41)28-17-16-24(7)34-27-18-19-30(22(3)4)40-38(27)42-36(28)34;1-12-5-7-13(8-6-12)15-10-9-14(11-16-15)17(2,3)4;/h8-16,18-23H,1-7H3;5-7,9-11H,1-4H3;/q2*-1;. The minimum absolute atomic E-state index is 0. The van der Waals surface area contributed by atoms with Crippen LogP contribution in [0.15, 0.2) is 114 Å². The number of rotatable bonds is 7. The molecule has 4 aromatic heterocycles. The number of nitrogens with zero attached hydrogens (tertiary/aromatic N) is 4. The van der Waals surface area contributed by atoms with Crippen molar-refractivity contribution in [1.29, 1.82) is 0 Å². The van der Waals surface area contributed by atoms with Crippen LogP contribution in [-0.4, -0.2) is 27.6 Å². The SMILES string of the molecule is Cc1c[c-]c(-c2ccc([Si](C)(C)C)cn2)cc1.Cc1c[c-]c(-c2nc3ccccc3n2-c2c(C(C)C)cc3ccccc3c2C(C)C)c2oc3nc(C(C)C)ccc3c12.[Ir]. The summed E-state index contributed by atoms with van der Waals surface area (Å²) in [6.45, 7) is 24.7. The van der Waals surface area contributed by atoms with Gasteiger partial charge in [0.25, 0.3) is 0 Å². The smallest absolute Gasteiger partial charge is 0.216 e. The Morgan fingerprint density at radius 1 is 0.717 bits per heavy atom. The number of aryl methyl sites for hydroxylation is 2. The van der Waals surface area contributed by atoms with Crippen LogP contribution < -0.4 is 5.19 Å². The zero-order valence-corrected chi connectivity index (χ0v) is 40.0. The summed E-state index contributed by atoms with van der Waals surface area (Å²) in [5, 5.41) is 6.05. The van der Waals surface area contributed by atoms with Crippen molar-refractivity contribution >= 4 is 57.1 Å². The van der Waals surface area contributed by atoms with Gasteiger partial charge < -0.3 is 14.0 Å². The van der Waals surface area contributed by atoms with Gasteiger partial charge in [-0.15, -0.1) is 53.1 Å². The number of hydrogen-bond donors (Lipinski definition) is 0. The summed E-state index contributed by atoms with van der Waals surface area (Å²) in [5.41, 5.74) is 13.6. The van der Waals surface area contributed by atoms with E-state index in [-0.39, 0.29) is 20.1 Å². The number of furan rings is 1. The van der Waals surface area contributed by atoms with Gasteiger partial charge in [-0.25, -0.2) is 4.98 Å². The third-order valence-corrected chi connectivity index (χ3v) is 13.4. The second-order valence-corrected chi connectivity index (χ2v) is 23.0. The van der Waals surface area contributed by atoms with E-state index in [1.54, 1.807) is 0 Å². The average molecular weight is 983 g/mol. The molecule has 0 atom stereocenters. The Labute approximate surface area is 369 Å². The largest absolute Gasteiger partial charge is 0.486 e. The molecular formula is C53H54IrN4OSi-2.